The Kier molecular flexibility index (Phi) is 6.01. The molecule has 2 atom stereocenters. The first-order chi connectivity index (χ1) is 8.97. The molecule has 0 fully saturated rings. The molecule has 0 aliphatic rings. The lowest BCUT2D eigenvalue weighted by atomic mass is 9.84. The van der Waals surface area contributed by atoms with Crippen LogP contribution in [0.25, 0.3) is 0 Å². The molecule has 2 unspecified atom stereocenters. The normalized spacial score (nSPS) is 16.6. The highest BCUT2D eigenvalue weighted by Gasteiger charge is 2.34. The van der Waals surface area contributed by atoms with Crippen molar-refractivity contribution in [1.82, 2.24) is 20.0 Å². The van der Waals surface area contributed by atoms with Crippen molar-refractivity contribution >= 4 is 0 Å². The van der Waals surface area contributed by atoms with Crippen LogP contribution in [0, 0.1) is 0 Å². The number of nitrogens with one attached hydrogen (secondary N) is 1. The van der Waals surface area contributed by atoms with E-state index in [4.69, 9.17) is 0 Å². The Balaban J connectivity index is 2.87. The minimum absolute atomic E-state index is 0.157. The lowest BCUT2D eigenvalue weighted by molar-refractivity contribution is 0.113. The molecule has 4 nitrogen and oxygen atoms in total. The molecule has 0 saturated heterocycles. The number of aromatic nitrogens is 2. The maximum atomic E-state index is 4.38. The van der Waals surface area contributed by atoms with Crippen LogP contribution in [0.4, 0.5) is 0 Å². The van der Waals surface area contributed by atoms with Crippen molar-refractivity contribution in [3.8, 4) is 0 Å². The van der Waals surface area contributed by atoms with Crippen molar-refractivity contribution < 1.29 is 0 Å². The Morgan fingerprint density at radius 2 is 2.05 bits per heavy atom. The highest BCUT2D eigenvalue weighted by atomic mass is 15.3. The fourth-order valence-corrected chi connectivity index (χ4v) is 2.55. The van der Waals surface area contributed by atoms with Crippen LogP contribution in [-0.4, -0.2) is 46.9 Å². The largest absolute Gasteiger partial charge is 0.312 e. The molecule has 1 aromatic heterocycles. The van der Waals surface area contributed by atoms with Gasteiger partial charge in [-0.05, 0) is 52.9 Å². The van der Waals surface area contributed by atoms with Crippen LogP contribution in [-0.2, 0) is 13.0 Å². The summed E-state index contributed by atoms with van der Waals surface area (Å²) in [6.45, 7) is 10.8. The molecule has 0 amide bonds. The molecule has 0 bridgehead atoms. The summed E-state index contributed by atoms with van der Waals surface area (Å²) in [5, 5.41) is 8.03. The summed E-state index contributed by atoms with van der Waals surface area (Å²) in [5.74, 6) is 0. The third-order valence-corrected chi connectivity index (χ3v) is 4.39. The van der Waals surface area contributed by atoms with Gasteiger partial charge < -0.3 is 10.2 Å². The number of hydrogen-bond donors (Lipinski definition) is 1. The van der Waals surface area contributed by atoms with Gasteiger partial charge in [-0.15, -0.1) is 0 Å². The second-order valence-corrected chi connectivity index (χ2v) is 5.62. The predicted octanol–water partition coefficient (Wildman–Crippen LogP) is 2.15. The van der Waals surface area contributed by atoms with Gasteiger partial charge >= 0.3 is 0 Å². The minimum atomic E-state index is 0.157. The lowest BCUT2D eigenvalue weighted by Crippen LogP contribution is -2.57. The van der Waals surface area contributed by atoms with Gasteiger partial charge in [0.1, 0.15) is 0 Å². The maximum Gasteiger partial charge on any atom is 0.0522 e. The zero-order valence-corrected chi connectivity index (χ0v) is 13.4. The first-order valence-corrected chi connectivity index (χ1v) is 7.40. The van der Waals surface area contributed by atoms with E-state index in [0.717, 1.165) is 25.9 Å². The first kappa shape index (κ1) is 16.2. The molecule has 0 aliphatic heterocycles. The van der Waals surface area contributed by atoms with E-state index in [9.17, 15) is 0 Å². The van der Waals surface area contributed by atoms with E-state index in [0.29, 0.717) is 6.04 Å². The van der Waals surface area contributed by atoms with Gasteiger partial charge in [0.2, 0.25) is 0 Å². The molecule has 0 aromatic carbocycles. The molecule has 1 rings (SSSR count). The molecular weight excluding hydrogens is 236 g/mol. The molecule has 1 N–H and O–H groups in total. The summed E-state index contributed by atoms with van der Waals surface area (Å²) in [6.07, 6.45) is 6.31. The van der Waals surface area contributed by atoms with Crippen LogP contribution < -0.4 is 5.32 Å². The van der Waals surface area contributed by atoms with E-state index in [2.05, 4.69) is 63.3 Å². The van der Waals surface area contributed by atoms with Gasteiger partial charge in [0.25, 0.3) is 0 Å². The summed E-state index contributed by atoms with van der Waals surface area (Å²) in [5.41, 5.74) is 1.47. The number of rotatable bonds is 8. The number of hydrogen-bond acceptors (Lipinski definition) is 3. The van der Waals surface area contributed by atoms with Gasteiger partial charge in [-0.25, -0.2) is 0 Å². The molecule has 1 heterocycles. The Morgan fingerprint density at radius 3 is 2.47 bits per heavy atom. The standard InChI is InChI=1S/C15H30N4/c1-7-15(4,18(5)6)14(16-8-2)10-13-11-17-19(9-3)12-13/h11-12,14,16H,7-10H2,1-6H3. The molecule has 0 aliphatic carbocycles. The summed E-state index contributed by atoms with van der Waals surface area (Å²) >= 11 is 0. The van der Waals surface area contributed by atoms with Crippen LogP contribution in [0.2, 0.25) is 0 Å². The van der Waals surface area contributed by atoms with Gasteiger partial charge in [0, 0.05) is 24.3 Å². The molecule has 0 saturated carbocycles. The Hall–Kier alpha value is -0.870. The van der Waals surface area contributed by atoms with Gasteiger partial charge in [0.15, 0.2) is 0 Å². The number of nitrogens with zero attached hydrogens (tertiary/aromatic N) is 3. The monoisotopic (exact) mass is 266 g/mol. The van der Waals surface area contributed by atoms with E-state index in [1.54, 1.807) is 0 Å². The minimum Gasteiger partial charge on any atom is -0.312 e. The highest BCUT2D eigenvalue weighted by Crippen LogP contribution is 2.23. The first-order valence-electron chi connectivity index (χ1n) is 7.40. The van der Waals surface area contributed by atoms with E-state index in [1.165, 1.54) is 5.56 Å². The van der Waals surface area contributed by atoms with Gasteiger partial charge in [-0.1, -0.05) is 13.8 Å². The third kappa shape index (κ3) is 3.80. The van der Waals surface area contributed by atoms with Crippen molar-refractivity contribution in [2.24, 2.45) is 0 Å². The average Bonchev–Trinajstić information content (AvgIpc) is 2.84. The summed E-state index contributed by atoms with van der Waals surface area (Å²) in [6, 6.07) is 0.437. The zero-order valence-electron chi connectivity index (χ0n) is 13.4. The summed E-state index contributed by atoms with van der Waals surface area (Å²) < 4.78 is 2.00. The van der Waals surface area contributed by atoms with Crippen LogP contribution >= 0.6 is 0 Å². The quantitative estimate of drug-likeness (QED) is 0.783. The van der Waals surface area contributed by atoms with Crippen LogP contribution in [0.3, 0.4) is 0 Å². The second-order valence-electron chi connectivity index (χ2n) is 5.62. The summed E-state index contributed by atoms with van der Waals surface area (Å²) in [7, 11) is 4.34. The number of aryl methyl sites for hydroxylation is 1. The van der Waals surface area contributed by atoms with E-state index >= 15 is 0 Å². The maximum absolute atomic E-state index is 4.38. The van der Waals surface area contributed by atoms with Crippen molar-refractivity contribution in [3.63, 3.8) is 0 Å². The van der Waals surface area contributed by atoms with Crippen molar-refractivity contribution in [2.75, 3.05) is 20.6 Å². The van der Waals surface area contributed by atoms with Crippen molar-refractivity contribution in [2.45, 2.75) is 58.7 Å². The third-order valence-electron chi connectivity index (χ3n) is 4.39. The Labute approximate surface area is 118 Å². The fraction of sp³-hybridized carbons (Fsp3) is 0.800. The molecule has 19 heavy (non-hydrogen) atoms. The lowest BCUT2D eigenvalue weighted by Gasteiger charge is -2.43. The molecule has 110 valence electrons. The van der Waals surface area contributed by atoms with E-state index in [-0.39, 0.29) is 5.54 Å². The molecule has 0 radical (unpaired) electrons. The predicted molar refractivity (Wildman–Crippen MR) is 81.5 cm³/mol. The van der Waals surface area contributed by atoms with Gasteiger partial charge in [-0.2, -0.15) is 5.10 Å². The highest BCUT2D eigenvalue weighted by molar-refractivity contribution is 5.10. The Morgan fingerprint density at radius 1 is 1.37 bits per heavy atom. The zero-order chi connectivity index (χ0) is 14.5. The van der Waals surface area contributed by atoms with E-state index in [1.807, 2.05) is 10.9 Å². The van der Waals surface area contributed by atoms with Crippen LogP contribution in [0.15, 0.2) is 12.4 Å². The van der Waals surface area contributed by atoms with Crippen molar-refractivity contribution in [3.05, 3.63) is 18.0 Å². The van der Waals surface area contributed by atoms with Crippen molar-refractivity contribution in [1.29, 1.82) is 0 Å². The average molecular weight is 266 g/mol. The molecule has 1 aromatic rings. The molecule has 4 heteroatoms. The smallest absolute Gasteiger partial charge is 0.0522 e. The fourth-order valence-electron chi connectivity index (χ4n) is 2.55. The van der Waals surface area contributed by atoms with E-state index < -0.39 is 0 Å². The number of likely N-dealkylation sites (N-methyl/N-ethyl adjacent to an activating group) is 2. The summed E-state index contributed by atoms with van der Waals surface area (Å²) in [4.78, 5) is 2.34. The second kappa shape index (κ2) is 7.06. The molecule has 0 spiro atoms. The van der Waals surface area contributed by atoms with Gasteiger partial charge in [-0.3, -0.25) is 4.68 Å². The SMILES string of the molecule is CCNC(Cc1cnn(CC)c1)C(C)(CC)N(C)C. The topological polar surface area (TPSA) is 33.1 Å². The van der Waals surface area contributed by atoms with Crippen LogP contribution in [0.5, 0.6) is 0 Å². The Bertz CT molecular complexity index is 372. The van der Waals surface area contributed by atoms with Crippen LogP contribution in [0.1, 0.15) is 39.7 Å². The molecular formula is C15H30N4. The van der Waals surface area contributed by atoms with Gasteiger partial charge in [0.05, 0.1) is 6.20 Å².